The van der Waals surface area contributed by atoms with Gasteiger partial charge in [0.1, 0.15) is 27.0 Å². The zero-order valence-corrected chi connectivity index (χ0v) is 19.7. The van der Waals surface area contributed by atoms with Crippen molar-refractivity contribution < 1.29 is 14.3 Å². The quantitative estimate of drug-likeness (QED) is 0.344. The molecule has 0 aliphatic heterocycles. The topological polar surface area (TPSA) is 77.8 Å². The minimum atomic E-state index is -0.232. The number of nitrogens with zero attached hydrogens (tertiary/aromatic N) is 3. The smallest absolute Gasteiger partial charge is 0.268 e. The summed E-state index contributed by atoms with van der Waals surface area (Å²) in [6.07, 6.45) is 1.89. The van der Waals surface area contributed by atoms with Crippen LogP contribution in [0.25, 0.3) is 27.5 Å². The lowest BCUT2D eigenvalue weighted by molar-refractivity contribution is 0.102. The molecule has 0 bridgehead atoms. The highest BCUT2D eigenvalue weighted by molar-refractivity contribution is 7.17. The molecule has 1 amide bonds. The molecule has 0 fully saturated rings. The van der Waals surface area contributed by atoms with Crippen LogP contribution in [0, 0.1) is 6.92 Å². The van der Waals surface area contributed by atoms with Gasteiger partial charge >= 0.3 is 0 Å². The van der Waals surface area contributed by atoms with Crippen molar-refractivity contribution >= 4 is 28.7 Å². The predicted octanol–water partition coefficient (Wildman–Crippen LogP) is 5.70. The van der Waals surface area contributed by atoms with Crippen molar-refractivity contribution in [3.8, 4) is 33.3 Å². The highest BCUT2D eigenvalue weighted by atomic mass is 32.1. The highest BCUT2D eigenvalue weighted by Crippen LogP contribution is 2.36. The fraction of sp³-hybridized carbons (Fsp3) is 0.115. The lowest BCUT2D eigenvalue weighted by Gasteiger charge is -2.08. The molecule has 0 spiro atoms. The van der Waals surface area contributed by atoms with Crippen LogP contribution in [0.5, 0.6) is 11.5 Å². The summed E-state index contributed by atoms with van der Waals surface area (Å²) in [4.78, 5) is 23.3. The average molecular weight is 471 g/mol. The number of fused-ring (bicyclic) bond motifs is 1. The number of carbonyl (C=O) groups excluding carboxylic acids is 1. The molecule has 0 saturated heterocycles. The molecule has 7 nitrogen and oxygen atoms in total. The molecule has 2 aromatic carbocycles. The Morgan fingerprint density at radius 2 is 1.68 bits per heavy atom. The van der Waals surface area contributed by atoms with Gasteiger partial charge in [0.25, 0.3) is 5.91 Å². The molecule has 0 aliphatic carbocycles. The second-order valence-corrected chi connectivity index (χ2v) is 8.56. The van der Waals surface area contributed by atoms with Gasteiger partial charge in [-0.3, -0.25) is 9.20 Å². The van der Waals surface area contributed by atoms with Crippen LogP contribution >= 0.6 is 11.3 Å². The van der Waals surface area contributed by atoms with Crippen molar-refractivity contribution in [2.45, 2.75) is 6.92 Å². The molecule has 3 aromatic heterocycles. The van der Waals surface area contributed by atoms with E-state index in [1.807, 2.05) is 84.3 Å². The van der Waals surface area contributed by atoms with Crippen LogP contribution in [-0.2, 0) is 0 Å². The van der Waals surface area contributed by atoms with E-state index in [1.54, 1.807) is 14.2 Å². The third kappa shape index (κ3) is 3.88. The van der Waals surface area contributed by atoms with Crippen LogP contribution in [0.4, 0.5) is 5.82 Å². The summed E-state index contributed by atoms with van der Waals surface area (Å²) in [6.45, 7) is 1.84. The summed E-state index contributed by atoms with van der Waals surface area (Å²) < 4.78 is 12.6. The molecule has 0 saturated carbocycles. The molecule has 0 radical (unpaired) electrons. The van der Waals surface area contributed by atoms with Gasteiger partial charge in [-0.05, 0) is 37.3 Å². The maximum atomic E-state index is 13.4. The third-order valence-electron chi connectivity index (χ3n) is 5.44. The number of imidazole rings is 1. The summed E-state index contributed by atoms with van der Waals surface area (Å²) in [6, 6.07) is 21.1. The number of anilines is 1. The van der Waals surface area contributed by atoms with Crippen molar-refractivity contribution in [1.82, 2.24) is 14.4 Å². The van der Waals surface area contributed by atoms with E-state index in [1.165, 1.54) is 11.3 Å². The first-order chi connectivity index (χ1) is 16.6. The Balaban J connectivity index is 1.51. The molecule has 5 rings (SSSR count). The zero-order chi connectivity index (χ0) is 23.7. The first-order valence-electron chi connectivity index (χ1n) is 10.6. The van der Waals surface area contributed by atoms with E-state index < -0.39 is 0 Å². The largest absolute Gasteiger partial charge is 0.493 e. The maximum Gasteiger partial charge on any atom is 0.268 e. The molecule has 5 aromatic rings. The summed E-state index contributed by atoms with van der Waals surface area (Å²) in [5, 5.41) is 3.81. The number of aryl methyl sites for hydroxylation is 1. The Morgan fingerprint density at radius 3 is 2.44 bits per heavy atom. The number of carbonyl (C=O) groups is 1. The Bertz CT molecular complexity index is 1490. The van der Waals surface area contributed by atoms with Gasteiger partial charge in [-0.2, -0.15) is 0 Å². The van der Waals surface area contributed by atoms with Crippen LogP contribution in [0.1, 0.15) is 15.4 Å². The number of pyridine rings is 1. The van der Waals surface area contributed by atoms with Gasteiger partial charge in [0.2, 0.25) is 0 Å². The molecule has 1 N–H and O–H groups in total. The van der Waals surface area contributed by atoms with Gasteiger partial charge in [0, 0.05) is 17.3 Å². The molecule has 0 unspecified atom stereocenters. The minimum absolute atomic E-state index is 0.232. The Kier molecular flexibility index (Phi) is 5.73. The van der Waals surface area contributed by atoms with Crippen molar-refractivity contribution in [1.29, 1.82) is 0 Å². The number of methoxy groups -OCH3 is 2. The lowest BCUT2D eigenvalue weighted by atomic mass is 10.1. The molecule has 3 heterocycles. The van der Waals surface area contributed by atoms with Gasteiger partial charge in [0.15, 0.2) is 11.5 Å². The van der Waals surface area contributed by atoms with E-state index in [4.69, 9.17) is 14.5 Å². The number of benzene rings is 2. The zero-order valence-electron chi connectivity index (χ0n) is 18.9. The number of rotatable bonds is 6. The highest BCUT2D eigenvalue weighted by Gasteiger charge is 2.21. The average Bonchev–Trinajstić information content (AvgIpc) is 3.45. The van der Waals surface area contributed by atoms with Gasteiger partial charge in [-0.25, -0.2) is 9.97 Å². The number of nitrogens with one attached hydrogen (secondary N) is 1. The van der Waals surface area contributed by atoms with Crippen molar-refractivity contribution in [2.24, 2.45) is 0 Å². The fourth-order valence-corrected chi connectivity index (χ4v) is 4.73. The van der Waals surface area contributed by atoms with Gasteiger partial charge in [-0.15, -0.1) is 11.3 Å². The Labute approximate surface area is 200 Å². The number of amides is 1. The number of hydrogen-bond donors (Lipinski definition) is 1. The summed E-state index contributed by atoms with van der Waals surface area (Å²) in [5.41, 5.74) is 3.90. The molecule has 8 heteroatoms. The molecule has 0 atom stereocenters. The van der Waals surface area contributed by atoms with Crippen LogP contribution in [0.2, 0.25) is 0 Å². The number of ether oxygens (including phenoxy) is 2. The van der Waals surface area contributed by atoms with E-state index >= 15 is 0 Å². The van der Waals surface area contributed by atoms with E-state index in [-0.39, 0.29) is 5.91 Å². The van der Waals surface area contributed by atoms with Crippen LogP contribution in [-0.4, -0.2) is 34.5 Å². The number of aromatic nitrogens is 3. The molecule has 34 heavy (non-hydrogen) atoms. The normalized spacial score (nSPS) is 10.9. The minimum Gasteiger partial charge on any atom is -0.493 e. The third-order valence-corrected chi connectivity index (χ3v) is 6.65. The second-order valence-electron chi connectivity index (χ2n) is 7.56. The molecule has 0 aliphatic rings. The van der Waals surface area contributed by atoms with Crippen LogP contribution in [0.3, 0.4) is 0 Å². The lowest BCUT2D eigenvalue weighted by Crippen LogP contribution is -2.13. The molecular formula is C26H22N4O3S. The SMILES string of the molecule is COc1ccc(-c2nc(C)c(C(=O)Nc3c(-c4ccccc4)nc4ccccn34)s2)cc1OC. The van der Waals surface area contributed by atoms with Crippen LogP contribution in [0.15, 0.2) is 72.9 Å². The fourth-order valence-electron chi connectivity index (χ4n) is 3.78. The number of hydrogen-bond acceptors (Lipinski definition) is 6. The van der Waals surface area contributed by atoms with Gasteiger partial charge < -0.3 is 14.8 Å². The Hall–Kier alpha value is -4.17. The number of thiazole rings is 1. The molecule has 170 valence electrons. The van der Waals surface area contributed by atoms with E-state index in [0.29, 0.717) is 33.6 Å². The maximum absolute atomic E-state index is 13.4. The van der Waals surface area contributed by atoms with Crippen LogP contribution < -0.4 is 14.8 Å². The predicted molar refractivity (Wildman–Crippen MR) is 134 cm³/mol. The van der Waals surface area contributed by atoms with Crippen molar-refractivity contribution in [3.63, 3.8) is 0 Å². The summed E-state index contributed by atoms with van der Waals surface area (Å²) >= 11 is 1.33. The van der Waals surface area contributed by atoms with Crippen molar-refractivity contribution in [2.75, 3.05) is 19.5 Å². The summed E-state index contributed by atoms with van der Waals surface area (Å²) in [7, 11) is 3.19. The first kappa shape index (κ1) is 21.7. The van der Waals surface area contributed by atoms with E-state index in [0.717, 1.165) is 21.8 Å². The Morgan fingerprint density at radius 1 is 0.912 bits per heavy atom. The monoisotopic (exact) mass is 470 g/mol. The standard InChI is InChI=1S/C26H22N4O3S/c1-16-23(34-26(27-16)18-12-13-19(32-2)20(15-18)33-3)25(31)29-24-22(17-9-5-4-6-10-17)28-21-11-7-8-14-30(21)24/h4-15H,1-3H3,(H,29,31). The van der Waals surface area contributed by atoms with E-state index in [9.17, 15) is 4.79 Å². The molecular weight excluding hydrogens is 448 g/mol. The van der Waals surface area contributed by atoms with Gasteiger partial charge in [-0.1, -0.05) is 36.4 Å². The first-order valence-corrected chi connectivity index (χ1v) is 11.4. The van der Waals surface area contributed by atoms with E-state index in [2.05, 4.69) is 10.3 Å². The second kappa shape index (κ2) is 8.99. The van der Waals surface area contributed by atoms with Gasteiger partial charge in [0.05, 0.1) is 19.9 Å². The summed E-state index contributed by atoms with van der Waals surface area (Å²) in [5.74, 6) is 1.63. The van der Waals surface area contributed by atoms with Crippen molar-refractivity contribution in [3.05, 3.63) is 83.5 Å².